The molecule has 0 aliphatic heterocycles. The van der Waals surface area contributed by atoms with Gasteiger partial charge in [-0.2, -0.15) is 5.10 Å². The first-order valence-corrected chi connectivity index (χ1v) is 8.54. The second-order valence-corrected chi connectivity index (χ2v) is 6.68. The number of nitrogens with one attached hydrogen (secondary N) is 1. The number of nitrogens with zero attached hydrogens (tertiary/aromatic N) is 1. The van der Waals surface area contributed by atoms with Crippen molar-refractivity contribution in [2.45, 2.75) is 20.0 Å². The van der Waals surface area contributed by atoms with E-state index in [1.54, 1.807) is 13.3 Å². The fourth-order valence-electron chi connectivity index (χ4n) is 1.87. The first-order chi connectivity index (χ1) is 11.0. The van der Waals surface area contributed by atoms with Crippen molar-refractivity contribution in [3.63, 3.8) is 0 Å². The molecule has 6 heteroatoms. The second-order valence-electron chi connectivity index (χ2n) is 5.08. The zero-order chi connectivity index (χ0) is 16.8. The summed E-state index contributed by atoms with van der Waals surface area (Å²) >= 11 is 8.08. The first-order valence-electron chi connectivity index (χ1n) is 7.08. The summed E-state index contributed by atoms with van der Waals surface area (Å²) in [5.41, 5.74) is 4.75. The Balaban J connectivity index is 2.15. The highest BCUT2D eigenvalue weighted by Gasteiger charge is 2.12. The van der Waals surface area contributed by atoms with Crippen molar-refractivity contribution >= 4 is 46.1 Å². The van der Waals surface area contributed by atoms with Gasteiger partial charge in [-0.3, -0.25) is 5.43 Å². The lowest BCUT2D eigenvalue weighted by molar-refractivity contribution is 0.228. The lowest BCUT2D eigenvalue weighted by Crippen LogP contribution is -2.08. The number of halogens is 2. The Bertz CT molecular complexity index is 688. The number of hydrogen-bond donors (Lipinski definition) is 1. The Hall–Kier alpha value is -1.47. The third kappa shape index (κ3) is 5.28. The van der Waals surface area contributed by atoms with Crippen molar-refractivity contribution in [3.8, 4) is 11.5 Å². The number of anilines is 1. The van der Waals surface area contributed by atoms with Crippen LogP contribution >= 0.6 is 34.2 Å². The second kappa shape index (κ2) is 8.40. The smallest absolute Gasteiger partial charge is 0.174 e. The van der Waals surface area contributed by atoms with Gasteiger partial charge in [0, 0.05) is 5.02 Å². The largest absolute Gasteiger partial charge is 0.493 e. The molecule has 0 bridgehead atoms. The zero-order valence-electron chi connectivity index (χ0n) is 13.1. The zero-order valence-corrected chi connectivity index (χ0v) is 16.1. The number of hydrazone groups is 1. The van der Waals surface area contributed by atoms with E-state index in [0.29, 0.717) is 10.8 Å². The van der Waals surface area contributed by atoms with Crippen LogP contribution in [0.1, 0.15) is 19.4 Å². The molecule has 0 aromatic heterocycles. The molecule has 0 amide bonds. The van der Waals surface area contributed by atoms with E-state index in [1.807, 2.05) is 50.2 Å². The molecule has 4 nitrogen and oxygen atoms in total. The monoisotopic (exact) mass is 444 g/mol. The molecule has 0 saturated carbocycles. The topological polar surface area (TPSA) is 42.8 Å². The molecule has 0 saturated heterocycles. The number of benzene rings is 2. The van der Waals surface area contributed by atoms with Gasteiger partial charge in [0.25, 0.3) is 0 Å². The predicted octanol–water partition coefficient (Wildman–Crippen LogP) is 5.19. The minimum atomic E-state index is 0.0866. The van der Waals surface area contributed by atoms with Crippen LogP contribution in [0.3, 0.4) is 0 Å². The molecular formula is C17H18ClIN2O2. The van der Waals surface area contributed by atoms with Crippen molar-refractivity contribution in [3.05, 3.63) is 50.6 Å². The number of methoxy groups -OCH3 is 1. The van der Waals surface area contributed by atoms with Crippen molar-refractivity contribution in [2.24, 2.45) is 5.10 Å². The summed E-state index contributed by atoms with van der Waals surface area (Å²) in [6.45, 7) is 3.97. The van der Waals surface area contributed by atoms with Gasteiger partial charge < -0.3 is 9.47 Å². The fourth-order valence-corrected chi connectivity index (χ4v) is 2.75. The Kier molecular flexibility index (Phi) is 6.53. The molecular weight excluding hydrogens is 427 g/mol. The van der Waals surface area contributed by atoms with Crippen LogP contribution in [-0.4, -0.2) is 19.4 Å². The SMILES string of the molecule is COc1cc(C=NNc2ccc(Cl)cc2)cc(I)c1OC(C)C. The average molecular weight is 445 g/mol. The molecule has 2 aromatic rings. The van der Waals surface area contributed by atoms with E-state index in [0.717, 1.165) is 20.6 Å². The van der Waals surface area contributed by atoms with Crippen LogP contribution in [0.4, 0.5) is 5.69 Å². The summed E-state index contributed by atoms with van der Waals surface area (Å²) in [6.07, 6.45) is 1.82. The van der Waals surface area contributed by atoms with Crippen LogP contribution < -0.4 is 14.9 Å². The van der Waals surface area contributed by atoms with Gasteiger partial charge in [0.15, 0.2) is 11.5 Å². The highest BCUT2D eigenvalue weighted by atomic mass is 127. The van der Waals surface area contributed by atoms with E-state index in [2.05, 4.69) is 33.1 Å². The van der Waals surface area contributed by atoms with Gasteiger partial charge in [-0.1, -0.05) is 11.6 Å². The molecule has 0 fully saturated rings. The fraction of sp³-hybridized carbons (Fsp3) is 0.235. The molecule has 122 valence electrons. The van der Waals surface area contributed by atoms with E-state index < -0.39 is 0 Å². The normalized spacial score (nSPS) is 11.0. The number of rotatable bonds is 6. The quantitative estimate of drug-likeness (QED) is 0.379. The van der Waals surface area contributed by atoms with E-state index in [9.17, 15) is 0 Å². The summed E-state index contributed by atoms with van der Waals surface area (Å²) in [5.74, 6) is 1.45. The highest BCUT2D eigenvalue weighted by molar-refractivity contribution is 14.1. The van der Waals surface area contributed by atoms with Crippen LogP contribution in [-0.2, 0) is 0 Å². The van der Waals surface area contributed by atoms with Gasteiger partial charge in [-0.15, -0.1) is 0 Å². The Morgan fingerprint density at radius 3 is 2.52 bits per heavy atom. The van der Waals surface area contributed by atoms with E-state index >= 15 is 0 Å². The number of ether oxygens (including phenoxy) is 2. The van der Waals surface area contributed by atoms with Gasteiger partial charge in [-0.05, 0) is 78.4 Å². The molecule has 23 heavy (non-hydrogen) atoms. The minimum Gasteiger partial charge on any atom is -0.493 e. The van der Waals surface area contributed by atoms with Crippen LogP contribution in [0.25, 0.3) is 0 Å². The Morgan fingerprint density at radius 2 is 1.91 bits per heavy atom. The molecule has 0 aliphatic carbocycles. The van der Waals surface area contributed by atoms with Gasteiger partial charge in [-0.25, -0.2) is 0 Å². The first kappa shape index (κ1) is 17.9. The standard InChI is InChI=1S/C17H18ClIN2O2/c1-11(2)23-17-15(19)8-12(9-16(17)22-3)10-20-21-14-6-4-13(18)5-7-14/h4-11,21H,1-3H3. The van der Waals surface area contributed by atoms with Gasteiger partial charge in [0.1, 0.15) is 0 Å². The van der Waals surface area contributed by atoms with Gasteiger partial charge in [0.2, 0.25) is 0 Å². The molecule has 0 radical (unpaired) electrons. The maximum atomic E-state index is 5.85. The van der Waals surface area contributed by atoms with Gasteiger partial charge >= 0.3 is 0 Å². The third-order valence-corrected chi connectivity index (χ3v) is 3.91. The molecule has 1 N–H and O–H groups in total. The summed E-state index contributed by atoms with van der Waals surface area (Å²) < 4.78 is 12.2. The van der Waals surface area contributed by atoms with Crippen molar-refractivity contribution in [2.75, 3.05) is 12.5 Å². The van der Waals surface area contributed by atoms with E-state index in [-0.39, 0.29) is 6.10 Å². The maximum Gasteiger partial charge on any atom is 0.174 e. The van der Waals surface area contributed by atoms with Crippen molar-refractivity contribution < 1.29 is 9.47 Å². The molecule has 0 heterocycles. The van der Waals surface area contributed by atoms with Crippen molar-refractivity contribution in [1.82, 2.24) is 0 Å². The molecule has 0 aliphatic rings. The van der Waals surface area contributed by atoms with Crippen LogP contribution in [0.2, 0.25) is 5.02 Å². The van der Waals surface area contributed by atoms with Crippen molar-refractivity contribution in [1.29, 1.82) is 0 Å². The van der Waals surface area contributed by atoms with E-state index in [1.165, 1.54) is 0 Å². The summed E-state index contributed by atoms with van der Waals surface area (Å²) in [5, 5.41) is 4.92. The van der Waals surface area contributed by atoms with E-state index in [4.69, 9.17) is 21.1 Å². The highest BCUT2D eigenvalue weighted by Crippen LogP contribution is 2.34. The Morgan fingerprint density at radius 1 is 1.22 bits per heavy atom. The van der Waals surface area contributed by atoms with Gasteiger partial charge in [0.05, 0.1) is 28.7 Å². The van der Waals surface area contributed by atoms with Crippen LogP contribution in [0, 0.1) is 3.57 Å². The Labute approximate surface area is 155 Å². The van der Waals surface area contributed by atoms with Crippen LogP contribution in [0.5, 0.6) is 11.5 Å². The summed E-state index contributed by atoms with van der Waals surface area (Å²) in [4.78, 5) is 0. The summed E-state index contributed by atoms with van der Waals surface area (Å²) in [7, 11) is 1.63. The molecule has 0 unspecified atom stereocenters. The number of hydrogen-bond acceptors (Lipinski definition) is 4. The molecule has 2 rings (SSSR count). The lowest BCUT2D eigenvalue weighted by Gasteiger charge is -2.15. The third-order valence-electron chi connectivity index (χ3n) is 2.86. The predicted molar refractivity (Wildman–Crippen MR) is 104 cm³/mol. The molecule has 0 spiro atoms. The maximum absolute atomic E-state index is 5.85. The van der Waals surface area contributed by atoms with Crippen LogP contribution in [0.15, 0.2) is 41.5 Å². The lowest BCUT2D eigenvalue weighted by atomic mass is 10.2. The summed E-state index contributed by atoms with van der Waals surface area (Å²) in [6, 6.07) is 11.2. The average Bonchev–Trinajstić information content (AvgIpc) is 2.51. The molecule has 2 aromatic carbocycles. The minimum absolute atomic E-state index is 0.0866. The molecule has 0 atom stereocenters.